The Balaban J connectivity index is 2.01. The topological polar surface area (TPSA) is 28.7 Å². The highest BCUT2D eigenvalue weighted by Gasteiger charge is 2.14. The molecule has 0 saturated carbocycles. The molecule has 5 aromatic rings. The number of aryl methyl sites for hydroxylation is 1. The van der Waals surface area contributed by atoms with E-state index in [9.17, 15) is 0 Å². The van der Waals surface area contributed by atoms with E-state index in [0.29, 0.717) is 0 Å². The third-order valence-electron chi connectivity index (χ3n) is 4.69. The number of fused-ring (bicyclic) bond motifs is 3. The largest absolute Gasteiger partial charge is 0.361 e. The first-order chi connectivity index (χ1) is 11.8. The van der Waals surface area contributed by atoms with E-state index < -0.39 is 0 Å². The summed E-state index contributed by atoms with van der Waals surface area (Å²) in [5, 5.41) is 3.65. The van der Waals surface area contributed by atoms with E-state index in [2.05, 4.69) is 72.7 Å². The number of aromatic nitrogens is 2. The zero-order valence-corrected chi connectivity index (χ0v) is 13.4. The summed E-state index contributed by atoms with van der Waals surface area (Å²) in [7, 11) is 0. The van der Waals surface area contributed by atoms with Crippen molar-refractivity contribution >= 4 is 32.7 Å². The minimum Gasteiger partial charge on any atom is -0.361 e. The van der Waals surface area contributed by atoms with Crippen molar-refractivity contribution < 1.29 is 0 Å². The van der Waals surface area contributed by atoms with Crippen LogP contribution in [-0.4, -0.2) is 9.97 Å². The summed E-state index contributed by atoms with van der Waals surface area (Å²) >= 11 is 0. The number of nitrogens with one attached hydrogen (secondary N) is 1. The SMILES string of the molecule is Cc1ccc2[nH]cc(-c3c4ccccc4nc4ccccc34)c2c1. The van der Waals surface area contributed by atoms with Gasteiger partial charge in [0.15, 0.2) is 0 Å². The van der Waals surface area contributed by atoms with Gasteiger partial charge in [0, 0.05) is 39.0 Å². The molecule has 0 fully saturated rings. The van der Waals surface area contributed by atoms with Crippen molar-refractivity contribution in [2.24, 2.45) is 0 Å². The second-order valence-electron chi connectivity index (χ2n) is 6.27. The average molecular weight is 308 g/mol. The fraction of sp³-hybridized carbons (Fsp3) is 0.0455. The Bertz CT molecular complexity index is 1160. The van der Waals surface area contributed by atoms with Crippen LogP contribution in [0, 0.1) is 6.92 Å². The predicted octanol–water partition coefficient (Wildman–Crippen LogP) is 5.84. The summed E-state index contributed by atoms with van der Waals surface area (Å²) in [5.41, 5.74) is 7.00. The number of hydrogen-bond acceptors (Lipinski definition) is 1. The number of benzene rings is 3. The van der Waals surface area contributed by atoms with Gasteiger partial charge in [-0.3, -0.25) is 0 Å². The molecular formula is C22H16N2. The summed E-state index contributed by atoms with van der Waals surface area (Å²) < 4.78 is 0. The van der Waals surface area contributed by atoms with Crippen LogP contribution in [0.3, 0.4) is 0 Å². The van der Waals surface area contributed by atoms with Gasteiger partial charge < -0.3 is 4.98 Å². The van der Waals surface area contributed by atoms with E-state index in [0.717, 1.165) is 11.0 Å². The van der Waals surface area contributed by atoms with Gasteiger partial charge in [-0.1, -0.05) is 48.0 Å². The molecule has 0 aliphatic heterocycles. The molecule has 3 aromatic carbocycles. The third-order valence-corrected chi connectivity index (χ3v) is 4.69. The molecule has 0 bridgehead atoms. The van der Waals surface area contributed by atoms with E-state index in [4.69, 9.17) is 4.98 Å². The van der Waals surface area contributed by atoms with Crippen molar-refractivity contribution in [3.8, 4) is 11.1 Å². The predicted molar refractivity (Wildman–Crippen MR) is 101 cm³/mol. The Morgan fingerprint density at radius 3 is 2.12 bits per heavy atom. The van der Waals surface area contributed by atoms with E-state index in [1.807, 2.05) is 12.1 Å². The van der Waals surface area contributed by atoms with Crippen LogP contribution in [0.1, 0.15) is 5.56 Å². The second kappa shape index (κ2) is 4.93. The lowest BCUT2D eigenvalue weighted by atomic mass is 9.95. The monoisotopic (exact) mass is 308 g/mol. The van der Waals surface area contributed by atoms with Gasteiger partial charge in [-0.2, -0.15) is 0 Å². The van der Waals surface area contributed by atoms with Crippen LogP contribution < -0.4 is 0 Å². The van der Waals surface area contributed by atoms with Gasteiger partial charge in [0.2, 0.25) is 0 Å². The maximum absolute atomic E-state index is 4.84. The first kappa shape index (κ1) is 13.3. The zero-order chi connectivity index (χ0) is 16.1. The van der Waals surface area contributed by atoms with Crippen LogP contribution in [0.25, 0.3) is 43.8 Å². The number of para-hydroxylation sites is 2. The second-order valence-corrected chi connectivity index (χ2v) is 6.27. The van der Waals surface area contributed by atoms with Crippen molar-refractivity contribution in [2.75, 3.05) is 0 Å². The maximum atomic E-state index is 4.84. The number of hydrogen-bond donors (Lipinski definition) is 1. The van der Waals surface area contributed by atoms with Crippen molar-refractivity contribution in [2.45, 2.75) is 6.92 Å². The minimum atomic E-state index is 1.04. The quantitative estimate of drug-likeness (QED) is 0.387. The van der Waals surface area contributed by atoms with E-state index in [1.165, 1.54) is 38.4 Å². The standard InChI is InChI=1S/C22H16N2/c1-14-10-11-19-17(12-14)18(13-23-19)22-15-6-2-4-8-20(15)24-21-9-5-3-7-16(21)22/h2-13,23H,1H3. The van der Waals surface area contributed by atoms with Crippen LogP contribution in [0.5, 0.6) is 0 Å². The lowest BCUT2D eigenvalue weighted by Gasteiger charge is -2.10. The molecule has 0 saturated heterocycles. The highest BCUT2D eigenvalue weighted by atomic mass is 14.7. The van der Waals surface area contributed by atoms with Gasteiger partial charge in [0.25, 0.3) is 0 Å². The average Bonchev–Trinajstić information content (AvgIpc) is 3.02. The highest BCUT2D eigenvalue weighted by Crippen LogP contribution is 2.38. The third kappa shape index (κ3) is 1.86. The molecule has 0 aliphatic carbocycles. The lowest BCUT2D eigenvalue weighted by molar-refractivity contribution is 1.45. The molecule has 0 radical (unpaired) electrons. The molecular weight excluding hydrogens is 292 g/mol. The minimum absolute atomic E-state index is 1.04. The Labute approximate surface area is 139 Å². The first-order valence-electron chi connectivity index (χ1n) is 8.17. The molecule has 0 amide bonds. The van der Waals surface area contributed by atoms with Crippen molar-refractivity contribution in [1.82, 2.24) is 9.97 Å². The summed E-state index contributed by atoms with van der Waals surface area (Å²) in [6, 6.07) is 23.3. The number of H-pyrrole nitrogens is 1. The number of aromatic amines is 1. The molecule has 2 heteroatoms. The van der Waals surface area contributed by atoms with Gasteiger partial charge in [-0.05, 0) is 31.2 Å². The van der Waals surface area contributed by atoms with Crippen molar-refractivity contribution in [3.63, 3.8) is 0 Å². The Morgan fingerprint density at radius 2 is 1.42 bits per heavy atom. The van der Waals surface area contributed by atoms with Gasteiger partial charge in [-0.15, -0.1) is 0 Å². The molecule has 2 aromatic heterocycles. The highest BCUT2D eigenvalue weighted by molar-refractivity contribution is 6.14. The molecule has 2 heterocycles. The van der Waals surface area contributed by atoms with E-state index in [1.54, 1.807) is 0 Å². The number of nitrogens with zero attached hydrogens (tertiary/aromatic N) is 1. The molecule has 0 aliphatic rings. The fourth-order valence-electron chi connectivity index (χ4n) is 3.57. The number of pyridine rings is 1. The van der Waals surface area contributed by atoms with E-state index >= 15 is 0 Å². The van der Waals surface area contributed by atoms with E-state index in [-0.39, 0.29) is 0 Å². The molecule has 0 unspecified atom stereocenters. The molecule has 24 heavy (non-hydrogen) atoms. The smallest absolute Gasteiger partial charge is 0.0715 e. The summed E-state index contributed by atoms with van der Waals surface area (Å²) in [4.78, 5) is 8.26. The summed E-state index contributed by atoms with van der Waals surface area (Å²) in [6.45, 7) is 2.14. The fourth-order valence-corrected chi connectivity index (χ4v) is 3.57. The molecule has 2 nitrogen and oxygen atoms in total. The van der Waals surface area contributed by atoms with Gasteiger partial charge in [0.05, 0.1) is 11.0 Å². The van der Waals surface area contributed by atoms with Crippen LogP contribution in [0.2, 0.25) is 0 Å². The van der Waals surface area contributed by atoms with Gasteiger partial charge in [0.1, 0.15) is 0 Å². The molecule has 1 N–H and O–H groups in total. The Hall–Kier alpha value is -3.13. The molecule has 114 valence electrons. The Kier molecular flexibility index (Phi) is 2.74. The Morgan fingerprint density at radius 1 is 0.750 bits per heavy atom. The zero-order valence-electron chi connectivity index (χ0n) is 13.4. The first-order valence-corrected chi connectivity index (χ1v) is 8.17. The van der Waals surface area contributed by atoms with Crippen LogP contribution >= 0.6 is 0 Å². The van der Waals surface area contributed by atoms with Crippen LogP contribution in [0.4, 0.5) is 0 Å². The lowest BCUT2D eigenvalue weighted by Crippen LogP contribution is -1.88. The van der Waals surface area contributed by atoms with Crippen LogP contribution in [-0.2, 0) is 0 Å². The number of rotatable bonds is 1. The van der Waals surface area contributed by atoms with Gasteiger partial charge in [-0.25, -0.2) is 4.98 Å². The summed E-state index contributed by atoms with van der Waals surface area (Å²) in [6.07, 6.45) is 2.12. The molecule has 0 spiro atoms. The molecule has 5 rings (SSSR count). The maximum Gasteiger partial charge on any atom is 0.0715 e. The normalized spacial score (nSPS) is 11.5. The summed E-state index contributed by atoms with van der Waals surface area (Å²) in [5.74, 6) is 0. The van der Waals surface area contributed by atoms with Crippen LogP contribution in [0.15, 0.2) is 72.9 Å². The van der Waals surface area contributed by atoms with Crippen molar-refractivity contribution in [3.05, 3.63) is 78.5 Å². The van der Waals surface area contributed by atoms with Crippen molar-refractivity contribution in [1.29, 1.82) is 0 Å². The molecule has 0 atom stereocenters. The van der Waals surface area contributed by atoms with Gasteiger partial charge >= 0.3 is 0 Å².